The normalized spacial score (nSPS) is 10.9. The summed E-state index contributed by atoms with van der Waals surface area (Å²) >= 11 is 0. The standard InChI is InChI=1S/C18H30N2O2/c1-4-5-6-7-8-9-10-11-12-20-15(3)13-14(2)16(17(19)21)18(20)22/h13H,4-12H2,1-3H3,(H2,19,21). The molecule has 0 atom stereocenters. The summed E-state index contributed by atoms with van der Waals surface area (Å²) in [6.07, 6.45) is 9.82. The highest BCUT2D eigenvalue weighted by Crippen LogP contribution is 2.10. The minimum atomic E-state index is -0.632. The molecular weight excluding hydrogens is 276 g/mol. The second-order valence-corrected chi connectivity index (χ2v) is 6.14. The van der Waals surface area contributed by atoms with E-state index >= 15 is 0 Å². The summed E-state index contributed by atoms with van der Waals surface area (Å²) in [4.78, 5) is 23.8. The van der Waals surface area contributed by atoms with Crippen LogP contribution in [0.2, 0.25) is 0 Å². The highest BCUT2D eigenvalue weighted by Gasteiger charge is 2.14. The van der Waals surface area contributed by atoms with Crippen molar-refractivity contribution in [2.45, 2.75) is 78.7 Å². The van der Waals surface area contributed by atoms with E-state index in [4.69, 9.17) is 5.73 Å². The molecule has 1 rings (SSSR count). The molecule has 2 N–H and O–H groups in total. The molecule has 0 aliphatic heterocycles. The lowest BCUT2D eigenvalue weighted by Gasteiger charge is -2.13. The van der Waals surface area contributed by atoms with Crippen molar-refractivity contribution in [3.05, 3.63) is 33.2 Å². The van der Waals surface area contributed by atoms with E-state index in [0.29, 0.717) is 12.1 Å². The smallest absolute Gasteiger partial charge is 0.263 e. The number of carbonyl (C=O) groups excluding carboxylic acids is 1. The van der Waals surface area contributed by atoms with Crippen LogP contribution in [0.4, 0.5) is 0 Å². The van der Waals surface area contributed by atoms with Gasteiger partial charge in [-0.2, -0.15) is 0 Å². The van der Waals surface area contributed by atoms with Gasteiger partial charge in [-0.25, -0.2) is 0 Å². The Hall–Kier alpha value is -1.58. The largest absolute Gasteiger partial charge is 0.365 e. The molecule has 1 aromatic heterocycles. The van der Waals surface area contributed by atoms with Crippen LogP contribution < -0.4 is 11.3 Å². The number of primary amides is 1. The summed E-state index contributed by atoms with van der Waals surface area (Å²) in [5.41, 5.74) is 6.77. The molecule has 0 saturated heterocycles. The quantitative estimate of drug-likeness (QED) is 0.670. The Bertz CT molecular complexity index is 547. The van der Waals surface area contributed by atoms with Crippen molar-refractivity contribution in [3.8, 4) is 0 Å². The monoisotopic (exact) mass is 306 g/mol. The molecule has 22 heavy (non-hydrogen) atoms. The van der Waals surface area contributed by atoms with E-state index in [-0.39, 0.29) is 11.1 Å². The minimum Gasteiger partial charge on any atom is -0.365 e. The number of aromatic nitrogens is 1. The summed E-state index contributed by atoms with van der Waals surface area (Å²) in [6.45, 7) is 6.56. The Balaban J connectivity index is 2.51. The van der Waals surface area contributed by atoms with Crippen LogP contribution in [0.15, 0.2) is 10.9 Å². The molecule has 0 aromatic carbocycles. The van der Waals surface area contributed by atoms with Crippen LogP contribution >= 0.6 is 0 Å². The fraction of sp³-hybridized carbons (Fsp3) is 0.667. The van der Waals surface area contributed by atoms with E-state index in [0.717, 1.165) is 18.5 Å². The van der Waals surface area contributed by atoms with Gasteiger partial charge >= 0.3 is 0 Å². The maximum absolute atomic E-state index is 12.4. The van der Waals surface area contributed by atoms with Crippen LogP contribution in [0.5, 0.6) is 0 Å². The van der Waals surface area contributed by atoms with Gasteiger partial charge in [0.05, 0.1) is 0 Å². The van der Waals surface area contributed by atoms with Crippen molar-refractivity contribution < 1.29 is 4.79 Å². The van der Waals surface area contributed by atoms with Crippen molar-refractivity contribution in [2.24, 2.45) is 5.73 Å². The van der Waals surface area contributed by atoms with Crippen molar-refractivity contribution in [1.82, 2.24) is 4.57 Å². The van der Waals surface area contributed by atoms with E-state index in [1.807, 2.05) is 13.0 Å². The number of nitrogens with zero attached hydrogens (tertiary/aromatic N) is 1. The van der Waals surface area contributed by atoms with Crippen molar-refractivity contribution in [3.63, 3.8) is 0 Å². The molecule has 0 bridgehead atoms. The molecule has 0 unspecified atom stereocenters. The van der Waals surface area contributed by atoms with Crippen LogP contribution in [0.3, 0.4) is 0 Å². The molecule has 124 valence electrons. The van der Waals surface area contributed by atoms with Crippen molar-refractivity contribution in [2.75, 3.05) is 0 Å². The number of unbranched alkanes of at least 4 members (excludes halogenated alkanes) is 7. The maximum atomic E-state index is 12.4. The number of carbonyl (C=O) groups is 1. The Kier molecular flexibility index (Phi) is 7.92. The number of rotatable bonds is 10. The Morgan fingerprint density at radius 2 is 1.59 bits per heavy atom. The third-order valence-corrected chi connectivity index (χ3v) is 4.19. The van der Waals surface area contributed by atoms with Gasteiger partial charge in [-0.3, -0.25) is 9.59 Å². The van der Waals surface area contributed by atoms with Gasteiger partial charge in [0.15, 0.2) is 0 Å². The SMILES string of the molecule is CCCCCCCCCCn1c(C)cc(C)c(C(N)=O)c1=O. The molecule has 0 aliphatic carbocycles. The van der Waals surface area contributed by atoms with E-state index < -0.39 is 5.91 Å². The first-order valence-electron chi connectivity index (χ1n) is 8.49. The van der Waals surface area contributed by atoms with E-state index in [9.17, 15) is 9.59 Å². The second kappa shape index (κ2) is 9.44. The number of aryl methyl sites for hydroxylation is 2. The predicted octanol–water partition coefficient (Wildman–Crippen LogP) is 3.70. The lowest BCUT2D eigenvalue weighted by molar-refractivity contribution is 0.0997. The first kappa shape index (κ1) is 18.5. The third-order valence-electron chi connectivity index (χ3n) is 4.19. The molecule has 1 aromatic rings. The van der Waals surface area contributed by atoms with E-state index in [1.54, 1.807) is 11.5 Å². The number of pyridine rings is 1. The summed E-state index contributed by atoms with van der Waals surface area (Å²) < 4.78 is 1.68. The first-order valence-corrected chi connectivity index (χ1v) is 8.49. The van der Waals surface area contributed by atoms with Crippen LogP contribution in [-0.2, 0) is 6.54 Å². The maximum Gasteiger partial charge on any atom is 0.263 e. The average Bonchev–Trinajstić information content (AvgIpc) is 2.43. The summed E-state index contributed by atoms with van der Waals surface area (Å²) in [5.74, 6) is -0.632. The molecule has 0 fully saturated rings. The topological polar surface area (TPSA) is 65.1 Å². The van der Waals surface area contributed by atoms with Gasteiger partial charge in [-0.15, -0.1) is 0 Å². The van der Waals surface area contributed by atoms with Gasteiger partial charge in [-0.05, 0) is 31.9 Å². The lowest BCUT2D eigenvalue weighted by Crippen LogP contribution is -2.32. The van der Waals surface area contributed by atoms with Gasteiger partial charge in [0.1, 0.15) is 5.56 Å². The van der Waals surface area contributed by atoms with Crippen molar-refractivity contribution in [1.29, 1.82) is 0 Å². The zero-order valence-electron chi connectivity index (χ0n) is 14.3. The predicted molar refractivity (Wildman–Crippen MR) is 91.3 cm³/mol. The second-order valence-electron chi connectivity index (χ2n) is 6.14. The molecule has 4 nitrogen and oxygen atoms in total. The Labute approximate surface area is 133 Å². The summed E-state index contributed by atoms with van der Waals surface area (Å²) in [6, 6.07) is 1.87. The number of nitrogens with two attached hydrogens (primary N) is 1. The van der Waals surface area contributed by atoms with Crippen molar-refractivity contribution >= 4 is 5.91 Å². The van der Waals surface area contributed by atoms with Gasteiger partial charge in [-0.1, -0.05) is 51.9 Å². The first-order chi connectivity index (χ1) is 10.5. The van der Waals surface area contributed by atoms with Crippen LogP contribution in [0.25, 0.3) is 0 Å². The third kappa shape index (κ3) is 5.32. The number of amides is 1. The average molecular weight is 306 g/mol. The van der Waals surface area contributed by atoms with Crippen LogP contribution in [-0.4, -0.2) is 10.5 Å². The van der Waals surface area contributed by atoms with Crippen LogP contribution in [0, 0.1) is 13.8 Å². The fourth-order valence-electron chi connectivity index (χ4n) is 2.91. The Morgan fingerprint density at radius 1 is 1.05 bits per heavy atom. The zero-order chi connectivity index (χ0) is 16.5. The molecule has 0 saturated carbocycles. The highest BCUT2D eigenvalue weighted by molar-refractivity contribution is 5.93. The number of hydrogen-bond acceptors (Lipinski definition) is 2. The van der Waals surface area contributed by atoms with Gasteiger partial charge in [0.25, 0.3) is 11.5 Å². The van der Waals surface area contributed by atoms with Gasteiger partial charge in [0, 0.05) is 12.2 Å². The molecular formula is C18H30N2O2. The van der Waals surface area contributed by atoms with Gasteiger partial charge in [0.2, 0.25) is 0 Å². The fourth-order valence-corrected chi connectivity index (χ4v) is 2.91. The molecule has 1 amide bonds. The van der Waals surface area contributed by atoms with Crippen LogP contribution in [0.1, 0.15) is 79.9 Å². The molecule has 0 radical (unpaired) electrons. The molecule has 4 heteroatoms. The van der Waals surface area contributed by atoms with E-state index in [1.165, 1.54) is 38.5 Å². The van der Waals surface area contributed by atoms with Gasteiger partial charge < -0.3 is 10.3 Å². The molecule has 0 spiro atoms. The molecule has 1 heterocycles. The lowest BCUT2D eigenvalue weighted by atomic mass is 10.1. The molecule has 0 aliphatic rings. The Morgan fingerprint density at radius 3 is 2.14 bits per heavy atom. The summed E-state index contributed by atoms with van der Waals surface area (Å²) in [7, 11) is 0. The zero-order valence-corrected chi connectivity index (χ0v) is 14.3. The summed E-state index contributed by atoms with van der Waals surface area (Å²) in [5, 5.41) is 0. The highest BCUT2D eigenvalue weighted by atomic mass is 16.2. The van der Waals surface area contributed by atoms with E-state index in [2.05, 4.69) is 6.92 Å². The number of hydrogen-bond donors (Lipinski definition) is 1. The minimum absolute atomic E-state index is 0.130.